The normalized spacial score (nSPS) is 27.6. The second kappa shape index (κ2) is 10.2. The first kappa shape index (κ1) is 26.4. The van der Waals surface area contributed by atoms with Crippen LogP contribution in [0.5, 0.6) is 0 Å². The van der Waals surface area contributed by atoms with Gasteiger partial charge in [0.25, 0.3) is 0 Å². The van der Waals surface area contributed by atoms with E-state index in [1.807, 2.05) is 18.2 Å². The maximum Gasteiger partial charge on any atom is 0.338 e. The van der Waals surface area contributed by atoms with Crippen LogP contribution in [-0.2, 0) is 18.3 Å². The van der Waals surface area contributed by atoms with E-state index in [2.05, 4.69) is 66.8 Å². The fraction of sp³-hybridized carbons (Fsp3) is 0.654. The van der Waals surface area contributed by atoms with Gasteiger partial charge in [-0.15, -0.1) is 0 Å². The molecule has 0 aliphatic carbocycles. The van der Waals surface area contributed by atoms with Crippen LogP contribution in [0.15, 0.2) is 42.5 Å². The van der Waals surface area contributed by atoms with Gasteiger partial charge in [-0.1, -0.05) is 71.9 Å². The SMILES string of the molecule is CC[Si](CC)(CC)O[C@@H]1[C@H](OC(=O)c2ccccc2)[C@H](O[Si](C)(C)C(C)(C)C)[C@H]2C=C[C@@H]1O2. The molecule has 5 atom stereocenters. The van der Waals surface area contributed by atoms with E-state index < -0.39 is 28.8 Å². The van der Waals surface area contributed by atoms with Crippen molar-refractivity contribution in [2.75, 3.05) is 0 Å². The van der Waals surface area contributed by atoms with Crippen molar-refractivity contribution in [1.29, 1.82) is 0 Å². The number of rotatable bonds is 9. The second-order valence-electron chi connectivity index (χ2n) is 10.9. The molecule has 2 bridgehead atoms. The minimum absolute atomic E-state index is 0.0191. The average molecular weight is 491 g/mol. The number of ether oxygens (including phenoxy) is 2. The van der Waals surface area contributed by atoms with Crippen molar-refractivity contribution in [3.63, 3.8) is 0 Å². The highest BCUT2D eigenvalue weighted by Crippen LogP contribution is 2.43. The highest BCUT2D eigenvalue weighted by Gasteiger charge is 2.55. The van der Waals surface area contributed by atoms with Crippen LogP contribution < -0.4 is 0 Å². The molecule has 0 spiro atoms. The van der Waals surface area contributed by atoms with Gasteiger partial charge in [-0.2, -0.15) is 0 Å². The number of benzene rings is 1. The van der Waals surface area contributed by atoms with Gasteiger partial charge in [-0.05, 0) is 48.4 Å². The minimum atomic E-state index is -2.17. The zero-order valence-electron chi connectivity index (χ0n) is 21.6. The lowest BCUT2D eigenvalue weighted by Gasteiger charge is -2.48. The summed E-state index contributed by atoms with van der Waals surface area (Å²) < 4.78 is 26.5. The van der Waals surface area contributed by atoms with E-state index in [0.29, 0.717) is 5.56 Å². The van der Waals surface area contributed by atoms with Gasteiger partial charge in [0, 0.05) is 0 Å². The predicted molar refractivity (Wildman–Crippen MR) is 138 cm³/mol. The summed E-state index contributed by atoms with van der Waals surface area (Å²) in [5.41, 5.74) is 0.541. The lowest BCUT2D eigenvalue weighted by Crippen LogP contribution is -2.63. The Bertz CT molecular complexity index is 801. The molecular weight excluding hydrogens is 448 g/mol. The molecule has 0 saturated carbocycles. The van der Waals surface area contributed by atoms with Crippen molar-refractivity contribution < 1.29 is 23.1 Å². The quantitative estimate of drug-likeness (QED) is 0.230. The molecular formula is C26H42O5Si2. The van der Waals surface area contributed by atoms with Crippen molar-refractivity contribution in [2.24, 2.45) is 0 Å². The Morgan fingerprint density at radius 3 is 1.88 bits per heavy atom. The van der Waals surface area contributed by atoms with Crippen molar-refractivity contribution in [2.45, 2.75) is 108 Å². The number of esters is 1. The smallest absolute Gasteiger partial charge is 0.338 e. The van der Waals surface area contributed by atoms with Gasteiger partial charge < -0.3 is 18.3 Å². The number of fused-ring (bicyclic) bond motifs is 2. The second-order valence-corrected chi connectivity index (χ2v) is 20.3. The summed E-state index contributed by atoms with van der Waals surface area (Å²) in [4.78, 5) is 13.2. The molecule has 2 aliphatic heterocycles. The highest BCUT2D eigenvalue weighted by molar-refractivity contribution is 6.74. The van der Waals surface area contributed by atoms with Crippen LogP contribution in [0.3, 0.4) is 0 Å². The molecule has 1 aromatic carbocycles. The fourth-order valence-electron chi connectivity index (χ4n) is 4.40. The molecule has 5 nitrogen and oxygen atoms in total. The van der Waals surface area contributed by atoms with Crippen LogP contribution >= 0.6 is 0 Å². The third kappa shape index (κ3) is 5.53. The molecule has 0 radical (unpaired) electrons. The number of hydrogen-bond acceptors (Lipinski definition) is 5. The Balaban J connectivity index is 1.98. The number of carbonyl (C=O) groups excluding carboxylic acids is 1. The third-order valence-corrected chi connectivity index (χ3v) is 17.0. The summed E-state index contributed by atoms with van der Waals surface area (Å²) in [5.74, 6) is -0.337. The van der Waals surface area contributed by atoms with Crippen LogP contribution in [-0.4, -0.2) is 53.1 Å². The Kier molecular flexibility index (Phi) is 8.11. The lowest BCUT2D eigenvalue weighted by molar-refractivity contribution is -0.179. The third-order valence-electron chi connectivity index (χ3n) is 7.91. The Morgan fingerprint density at radius 1 is 0.879 bits per heavy atom. The Hall–Kier alpha value is -1.26. The molecule has 184 valence electrons. The van der Waals surface area contributed by atoms with Gasteiger partial charge in [-0.3, -0.25) is 0 Å². The predicted octanol–water partition coefficient (Wildman–Crippen LogP) is 6.33. The molecule has 1 fully saturated rings. The molecule has 0 amide bonds. The van der Waals surface area contributed by atoms with Crippen molar-refractivity contribution in [1.82, 2.24) is 0 Å². The maximum atomic E-state index is 13.2. The molecule has 33 heavy (non-hydrogen) atoms. The molecule has 0 unspecified atom stereocenters. The monoisotopic (exact) mass is 490 g/mol. The van der Waals surface area contributed by atoms with Crippen molar-refractivity contribution in [3.05, 3.63) is 48.0 Å². The summed E-state index contributed by atoms with van der Waals surface area (Å²) in [6.45, 7) is 17.8. The van der Waals surface area contributed by atoms with Crippen LogP contribution in [0.2, 0.25) is 36.3 Å². The number of hydrogen-bond donors (Lipinski definition) is 0. The van der Waals surface area contributed by atoms with Crippen LogP contribution in [0.4, 0.5) is 0 Å². The molecule has 0 N–H and O–H groups in total. The van der Waals surface area contributed by atoms with E-state index in [4.69, 9.17) is 18.3 Å². The zero-order chi connectivity index (χ0) is 24.4. The van der Waals surface area contributed by atoms with Crippen molar-refractivity contribution >= 4 is 22.6 Å². The summed E-state index contributed by atoms with van der Waals surface area (Å²) in [6.07, 6.45) is 2.40. The van der Waals surface area contributed by atoms with E-state index in [0.717, 1.165) is 18.1 Å². The Labute approximate surface area is 202 Å². The van der Waals surface area contributed by atoms with Crippen LogP contribution in [0, 0.1) is 0 Å². The minimum Gasteiger partial charge on any atom is -0.453 e. The molecule has 1 aromatic rings. The van der Waals surface area contributed by atoms with E-state index in [-0.39, 0.29) is 29.3 Å². The van der Waals surface area contributed by atoms with Crippen LogP contribution in [0.1, 0.15) is 51.9 Å². The molecule has 3 rings (SSSR count). The van der Waals surface area contributed by atoms with Crippen LogP contribution in [0.25, 0.3) is 0 Å². The van der Waals surface area contributed by atoms with E-state index in [1.165, 1.54) is 0 Å². The maximum absolute atomic E-state index is 13.2. The number of carbonyl (C=O) groups is 1. The first-order valence-electron chi connectivity index (χ1n) is 12.4. The standard InChI is InChI=1S/C26H42O5Si2/c1-9-33(10-2,11-3)31-23-21-18-17-20(28-21)22(30-32(7,8)26(4,5)6)24(23)29-25(27)19-15-13-12-14-16-19/h12-18,20-24H,9-11H2,1-8H3/t20-,21+,22-,23+,24-/m1/s1. The molecule has 7 heteroatoms. The van der Waals surface area contributed by atoms with E-state index in [1.54, 1.807) is 12.1 Å². The van der Waals surface area contributed by atoms with Gasteiger partial charge in [0.15, 0.2) is 22.7 Å². The fourth-order valence-corrected chi connectivity index (χ4v) is 8.55. The molecule has 1 saturated heterocycles. The topological polar surface area (TPSA) is 54.0 Å². The van der Waals surface area contributed by atoms with E-state index in [9.17, 15) is 4.79 Å². The zero-order valence-corrected chi connectivity index (χ0v) is 23.6. The molecule has 2 heterocycles. The summed E-state index contributed by atoms with van der Waals surface area (Å²) in [7, 11) is -4.16. The lowest BCUT2D eigenvalue weighted by atomic mass is 9.99. The van der Waals surface area contributed by atoms with Crippen molar-refractivity contribution in [3.8, 4) is 0 Å². The first-order valence-corrected chi connectivity index (χ1v) is 17.9. The summed E-state index contributed by atoms with van der Waals surface area (Å²) in [6, 6.07) is 12.2. The summed E-state index contributed by atoms with van der Waals surface area (Å²) >= 11 is 0. The first-order chi connectivity index (χ1) is 15.5. The average Bonchev–Trinajstić information content (AvgIpc) is 3.23. The van der Waals surface area contributed by atoms with Gasteiger partial charge in [0.2, 0.25) is 0 Å². The molecule has 2 aliphatic rings. The highest BCUT2D eigenvalue weighted by atomic mass is 28.4. The van der Waals surface area contributed by atoms with Gasteiger partial charge in [0.1, 0.15) is 24.4 Å². The van der Waals surface area contributed by atoms with Gasteiger partial charge >= 0.3 is 5.97 Å². The largest absolute Gasteiger partial charge is 0.453 e. The Morgan fingerprint density at radius 2 is 1.39 bits per heavy atom. The molecule has 0 aromatic heterocycles. The van der Waals surface area contributed by atoms with Gasteiger partial charge in [-0.25, -0.2) is 4.79 Å². The van der Waals surface area contributed by atoms with E-state index >= 15 is 0 Å². The summed E-state index contributed by atoms with van der Waals surface area (Å²) in [5, 5.41) is 0.0191. The van der Waals surface area contributed by atoms with Gasteiger partial charge in [0.05, 0.1) is 5.56 Å².